The molecule has 1 N–H and O–H groups in total. The summed E-state index contributed by atoms with van der Waals surface area (Å²) < 4.78 is 27.9. The van der Waals surface area contributed by atoms with Crippen LogP contribution in [0.1, 0.15) is 31.9 Å². The van der Waals surface area contributed by atoms with Crippen molar-refractivity contribution in [2.45, 2.75) is 31.2 Å². The lowest BCUT2D eigenvalue weighted by atomic mass is 9.97. The van der Waals surface area contributed by atoms with E-state index in [1.54, 1.807) is 36.4 Å². The summed E-state index contributed by atoms with van der Waals surface area (Å²) in [6, 6.07) is 24.0. The zero-order valence-electron chi connectivity index (χ0n) is 18.1. The van der Waals surface area contributed by atoms with E-state index in [0.717, 1.165) is 16.3 Å². The Labute approximate surface area is 195 Å². The summed E-state index contributed by atoms with van der Waals surface area (Å²) in [5, 5.41) is 3.41. The van der Waals surface area contributed by atoms with Gasteiger partial charge in [0.25, 0.3) is 10.0 Å². The molecule has 0 radical (unpaired) electrons. The molecule has 0 saturated heterocycles. The van der Waals surface area contributed by atoms with Crippen molar-refractivity contribution in [1.29, 1.82) is 0 Å². The molecule has 7 heteroatoms. The number of hydrogen-bond acceptors (Lipinski definition) is 3. The molecule has 1 amide bonds. The lowest BCUT2D eigenvalue weighted by Gasteiger charge is -2.26. The Morgan fingerprint density at radius 3 is 2.16 bits per heavy atom. The van der Waals surface area contributed by atoms with Crippen LogP contribution in [0.2, 0.25) is 5.02 Å². The summed E-state index contributed by atoms with van der Waals surface area (Å²) in [5.41, 5.74) is 1.31. The van der Waals surface area contributed by atoms with Crippen LogP contribution in [0.15, 0.2) is 89.8 Å². The predicted octanol–water partition coefficient (Wildman–Crippen LogP) is 5.44. The van der Waals surface area contributed by atoms with E-state index in [1.807, 2.05) is 30.3 Å². The monoisotopic (exact) mass is 470 g/mol. The molecule has 5 nitrogen and oxygen atoms in total. The second kappa shape index (κ2) is 10.7. The molecule has 3 rings (SSSR count). The lowest BCUT2D eigenvalue weighted by molar-refractivity contribution is -0.120. The van der Waals surface area contributed by atoms with Gasteiger partial charge >= 0.3 is 0 Å². The molecule has 0 aliphatic carbocycles. The maximum absolute atomic E-state index is 13.4. The van der Waals surface area contributed by atoms with E-state index < -0.39 is 10.0 Å². The van der Waals surface area contributed by atoms with Crippen LogP contribution in [-0.4, -0.2) is 20.9 Å². The van der Waals surface area contributed by atoms with E-state index in [-0.39, 0.29) is 23.4 Å². The molecule has 1 unspecified atom stereocenters. The Balaban J connectivity index is 1.91. The molecule has 3 aromatic carbocycles. The molecule has 0 aromatic heterocycles. The zero-order valence-corrected chi connectivity index (χ0v) is 19.7. The minimum absolute atomic E-state index is 0.106. The smallest absolute Gasteiger partial charge is 0.264 e. The molecule has 0 fully saturated rings. The molecular weight excluding hydrogens is 444 g/mol. The highest BCUT2D eigenvalue weighted by molar-refractivity contribution is 7.92. The first-order valence-corrected chi connectivity index (χ1v) is 12.3. The fraction of sp³-hybridized carbons (Fsp3) is 0.240. The number of anilines is 1. The number of hydrogen-bond donors (Lipinski definition) is 1. The highest BCUT2D eigenvalue weighted by Crippen LogP contribution is 2.27. The quantitative estimate of drug-likeness (QED) is 0.453. The highest BCUT2D eigenvalue weighted by Gasteiger charge is 2.28. The van der Waals surface area contributed by atoms with Crippen LogP contribution in [0.25, 0.3) is 0 Å². The molecule has 3 aromatic rings. The maximum Gasteiger partial charge on any atom is 0.264 e. The largest absolute Gasteiger partial charge is 0.348 e. The second-order valence-electron chi connectivity index (χ2n) is 7.96. The first-order chi connectivity index (χ1) is 15.3. The van der Waals surface area contributed by atoms with Gasteiger partial charge in [-0.05, 0) is 48.2 Å². The van der Waals surface area contributed by atoms with Gasteiger partial charge in [-0.25, -0.2) is 8.42 Å². The van der Waals surface area contributed by atoms with Gasteiger partial charge in [0.1, 0.15) is 6.54 Å². The molecule has 0 aliphatic rings. The number of halogens is 1. The second-order valence-corrected chi connectivity index (χ2v) is 10.3. The van der Waals surface area contributed by atoms with Gasteiger partial charge in [-0.3, -0.25) is 9.10 Å². The third kappa shape index (κ3) is 6.11. The van der Waals surface area contributed by atoms with Crippen molar-refractivity contribution in [2.75, 3.05) is 10.8 Å². The van der Waals surface area contributed by atoms with E-state index >= 15 is 0 Å². The Bertz CT molecular complexity index is 1140. The molecule has 0 spiro atoms. The van der Waals surface area contributed by atoms with Gasteiger partial charge in [0.2, 0.25) is 5.91 Å². The van der Waals surface area contributed by atoms with E-state index in [9.17, 15) is 13.2 Å². The third-order valence-electron chi connectivity index (χ3n) is 4.96. The molecule has 0 aliphatic heterocycles. The van der Waals surface area contributed by atoms with E-state index in [1.165, 1.54) is 18.2 Å². The lowest BCUT2D eigenvalue weighted by Crippen LogP contribution is -2.42. The van der Waals surface area contributed by atoms with Gasteiger partial charge in [0, 0.05) is 5.02 Å². The predicted molar refractivity (Wildman–Crippen MR) is 129 cm³/mol. The summed E-state index contributed by atoms with van der Waals surface area (Å²) in [6.45, 7) is 3.81. The highest BCUT2D eigenvalue weighted by atomic mass is 35.5. The third-order valence-corrected chi connectivity index (χ3v) is 6.98. The van der Waals surface area contributed by atoms with E-state index in [2.05, 4.69) is 19.2 Å². The number of rotatable bonds is 9. The van der Waals surface area contributed by atoms with Gasteiger partial charge in [-0.1, -0.05) is 80.0 Å². The van der Waals surface area contributed by atoms with Crippen LogP contribution >= 0.6 is 11.6 Å². The molecule has 1 atom stereocenters. The number of nitrogens with one attached hydrogen (secondary N) is 1. The molecule has 0 bridgehead atoms. The summed E-state index contributed by atoms with van der Waals surface area (Å²) in [6.07, 6.45) is 0.734. The van der Waals surface area contributed by atoms with Crippen molar-refractivity contribution >= 4 is 33.2 Å². The van der Waals surface area contributed by atoms with Crippen molar-refractivity contribution in [3.8, 4) is 0 Å². The summed E-state index contributed by atoms with van der Waals surface area (Å²) in [7, 11) is -3.98. The molecule has 168 valence electrons. The maximum atomic E-state index is 13.4. The van der Waals surface area contributed by atoms with Gasteiger partial charge in [-0.15, -0.1) is 0 Å². The zero-order chi connectivity index (χ0) is 23.1. The number of sulfonamides is 1. The van der Waals surface area contributed by atoms with Gasteiger partial charge in [-0.2, -0.15) is 0 Å². The number of carbonyl (C=O) groups is 1. The fourth-order valence-electron chi connectivity index (χ4n) is 3.47. The first kappa shape index (κ1) is 23.8. The molecule has 0 heterocycles. The van der Waals surface area contributed by atoms with Crippen LogP contribution in [0.4, 0.5) is 5.69 Å². The van der Waals surface area contributed by atoms with Crippen molar-refractivity contribution in [3.05, 3.63) is 95.5 Å². The van der Waals surface area contributed by atoms with Gasteiger partial charge in [0.05, 0.1) is 16.6 Å². The fourth-order valence-corrected chi connectivity index (χ4v) is 5.09. The van der Waals surface area contributed by atoms with Crippen LogP contribution in [0.5, 0.6) is 0 Å². The van der Waals surface area contributed by atoms with Gasteiger partial charge < -0.3 is 5.32 Å². The van der Waals surface area contributed by atoms with E-state index in [4.69, 9.17) is 11.6 Å². The van der Waals surface area contributed by atoms with Crippen molar-refractivity contribution < 1.29 is 13.2 Å². The SMILES string of the molecule is CC(C)CC(NC(=O)CN(c1cccc(Cl)c1)S(=O)(=O)c1ccccc1)c1ccccc1. The summed E-state index contributed by atoms with van der Waals surface area (Å²) >= 11 is 6.12. The molecule has 32 heavy (non-hydrogen) atoms. The molecular formula is C25H27ClN2O3S. The number of benzene rings is 3. The van der Waals surface area contributed by atoms with Crippen LogP contribution in [0, 0.1) is 5.92 Å². The average Bonchev–Trinajstić information content (AvgIpc) is 2.78. The topological polar surface area (TPSA) is 66.5 Å². The Morgan fingerprint density at radius 1 is 0.938 bits per heavy atom. The van der Waals surface area contributed by atoms with E-state index in [0.29, 0.717) is 16.6 Å². The standard InChI is InChI=1S/C25H27ClN2O3S/c1-19(2)16-24(20-10-5-3-6-11-20)27-25(29)18-28(22-13-9-12-21(26)17-22)32(30,31)23-14-7-4-8-15-23/h3-15,17,19,24H,16,18H2,1-2H3,(H,27,29). The Morgan fingerprint density at radius 2 is 1.56 bits per heavy atom. The molecule has 0 saturated carbocycles. The summed E-state index contributed by atoms with van der Waals surface area (Å²) in [5.74, 6) is -0.0448. The van der Waals surface area contributed by atoms with Crippen molar-refractivity contribution in [3.63, 3.8) is 0 Å². The van der Waals surface area contributed by atoms with Crippen LogP contribution < -0.4 is 9.62 Å². The Hall–Kier alpha value is -2.83. The minimum atomic E-state index is -3.98. The normalized spacial score (nSPS) is 12.4. The van der Waals surface area contributed by atoms with Gasteiger partial charge in [0.15, 0.2) is 0 Å². The van der Waals surface area contributed by atoms with Crippen LogP contribution in [-0.2, 0) is 14.8 Å². The number of carbonyl (C=O) groups excluding carboxylic acids is 1. The summed E-state index contributed by atoms with van der Waals surface area (Å²) in [4.78, 5) is 13.2. The minimum Gasteiger partial charge on any atom is -0.348 e. The number of nitrogens with zero attached hydrogens (tertiary/aromatic N) is 1. The first-order valence-electron chi connectivity index (χ1n) is 10.4. The average molecular weight is 471 g/mol. The van der Waals surface area contributed by atoms with Crippen molar-refractivity contribution in [2.24, 2.45) is 5.92 Å². The number of amides is 1. The Kier molecular flexibility index (Phi) is 7.94. The van der Waals surface area contributed by atoms with Crippen LogP contribution in [0.3, 0.4) is 0 Å². The van der Waals surface area contributed by atoms with Crippen molar-refractivity contribution in [1.82, 2.24) is 5.32 Å².